The van der Waals surface area contributed by atoms with E-state index in [9.17, 15) is 0 Å². The Bertz CT molecular complexity index is 3560. The highest BCUT2D eigenvalue weighted by Gasteiger charge is 2.24. The smallest absolute Gasteiger partial charge is 0.159 e. The van der Waals surface area contributed by atoms with Gasteiger partial charge in [-0.25, -0.2) is 0 Å². The second-order valence-corrected chi connectivity index (χ2v) is 15.2. The molecule has 2 aromatic heterocycles. The van der Waals surface area contributed by atoms with E-state index >= 15 is 0 Å². The topological polar surface area (TPSA) is 29.5 Å². The normalized spacial score (nSPS) is 11.7. The third-order valence-corrected chi connectivity index (χ3v) is 11.9. The molecule has 0 N–H and O–H groups in total. The molecular formula is C56H35NO2. The second kappa shape index (κ2) is 13.4. The number of fused-ring (bicyclic) bond motifs is 9. The Morgan fingerprint density at radius 1 is 0.288 bits per heavy atom. The Kier molecular flexibility index (Phi) is 7.54. The van der Waals surface area contributed by atoms with Crippen LogP contribution in [0.5, 0.6) is 0 Å². The van der Waals surface area contributed by atoms with Gasteiger partial charge in [0.25, 0.3) is 0 Å². The van der Waals surface area contributed by atoms with E-state index < -0.39 is 0 Å². The molecule has 10 aromatic carbocycles. The van der Waals surface area contributed by atoms with Crippen molar-refractivity contribution in [1.82, 2.24) is 0 Å². The van der Waals surface area contributed by atoms with E-state index in [2.05, 4.69) is 199 Å². The fraction of sp³-hybridized carbons (Fsp3) is 0. The summed E-state index contributed by atoms with van der Waals surface area (Å²) in [5, 5.41) is 9.35. The van der Waals surface area contributed by atoms with E-state index in [0.717, 1.165) is 88.8 Å². The van der Waals surface area contributed by atoms with Crippen molar-refractivity contribution in [1.29, 1.82) is 0 Å². The molecule has 0 aliphatic carbocycles. The van der Waals surface area contributed by atoms with Gasteiger partial charge in [-0.1, -0.05) is 170 Å². The van der Waals surface area contributed by atoms with Crippen LogP contribution in [0.4, 0.5) is 17.1 Å². The third kappa shape index (κ3) is 5.36. The molecule has 276 valence electrons. The van der Waals surface area contributed by atoms with Crippen molar-refractivity contribution in [2.45, 2.75) is 0 Å². The lowest BCUT2D eigenvalue weighted by molar-refractivity contribution is 0.669. The number of para-hydroxylation sites is 4. The molecule has 3 heteroatoms. The van der Waals surface area contributed by atoms with Crippen LogP contribution in [0, 0.1) is 0 Å². The molecule has 0 saturated heterocycles. The van der Waals surface area contributed by atoms with E-state index in [0.29, 0.717) is 0 Å². The van der Waals surface area contributed by atoms with Crippen LogP contribution in [0.1, 0.15) is 0 Å². The van der Waals surface area contributed by atoms with E-state index in [1.165, 1.54) is 27.1 Å². The fourth-order valence-electron chi connectivity index (χ4n) is 9.12. The van der Waals surface area contributed by atoms with Crippen LogP contribution in [0.2, 0.25) is 0 Å². The maximum Gasteiger partial charge on any atom is 0.159 e. The van der Waals surface area contributed by atoms with Crippen LogP contribution in [0.15, 0.2) is 221 Å². The van der Waals surface area contributed by atoms with Crippen molar-refractivity contribution < 1.29 is 8.83 Å². The van der Waals surface area contributed by atoms with E-state index in [-0.39, 0.29) is 0 Å². The van der Waals surface area contributed by atoms with E-state index in [4.69, 9.17) is 8.83 Å². The first-order valence-corrected chi connectivity index (χ1v) is 20.1. The quantitative estimate of drug-likeness (QED) is 0.158. The average Bonchev–Trinajstić information content (AvgIpc) is 3.89. The average molecular weight is 754 g/mol. The highest BCUT2D eigenvalue weighted by atomic mass is 16.3. The zero-order chi connectivity index (χ0) is 38.9. The summed E-state index contributed by atoms with van der Waals surface area (Å²) in [6, 6.07) is 75.8. The molecule has 2 heterocycles. The Morgan fingerprint density at radius 3 is 1.61 bits per heavy atom. The van der Waals surface area contributed by atoms with Gasteiger partial charge in [-0.3, -0.25) is 0 Å². The molecule has 0 aliphatic heterocycles. The lowest BCUT2D eigenvalue weighted by Gasteiger charge is -2.29. The van der Waals surface area contributed by atoms with E-state index in [1.54, 1.807) is 0 Å². The van der Waals surface area contributed by atoms with Crippen LogP contribution in [-0.2, 0) is 0 Å². The highest BCUT2D eigenvalue weighted by molar-refractivity contribution is 6.15. The summed E-state index contributed by atoms with van der Waals surface area (Å²) in [4.78, 5) is 2.38. The molecule has 0 atom stereocenters. The van der Waals surface area contributed by atoms with E-state index in [1.807, 2.05) is 18.2 Å². The molecule has 0 fully saturated rings. The van der Waals surface area contributed by atoms with Crippen LogP contribution in [-0.4, -0.2) is 0 Å². The summed E-state index contributed by atoms with van der Waals surface area (Å²) in [7, 11) is 0. The summed E-state index contributed by atoms with van der Waals surface area (Å²) in [5.74, 6) is 0. The van der Waals surface area contributed by atoms with Crippen molar-refractivity contribution in [2.75, 3.05) is 4.90 Å². The van der Waals surface area contributed by atoms with Crippen molar-refractivity contribution in [3.8, 4) is 33.4 Å². The maximum atomic E-state index is 6.79. The largest absolute Gasteiger partial charge is 0.455 e. The monoisotopic (exact) mass is 753 g/mol. The van der Waals surface area contributed by atoms with Gasteiger partial charge in [-0.05, 0) is 86.3 Å². The standard InChI is InChI=1S/C56H35NO2/c1-2-14-36(15-3-1)42-33-30-39(50-34-38-16-4-5-17-41(38)44-18-6-7-19-45(44)50)35-52(42)57(51-25-13-24-49-47-21-9-11-27-54(47)59-56(49)51)40-31-28-37(29-32-40)43-22-12-23-48-46-20-8-10-26-53(46)58-55(43)48/h1-35H. The lowest BCUT2D eigenvalue weighted by atomic mass is 9.91. The van der Waals surface area contributed by atoms with Crippen LogP contribution >= 0.6 is 0 Å². The van der Waals surface area contributed by atoms with Crippen molar-refractivity contribution >= 4 is 82.5 Å². The molecule has 3 nitrogen and oxygen atoms in total. The molecule has 59 heavy (non-hydrogen) atoms. The summed E-state index contributed by atoms with van der Waals surface area (Å²) >= 11 is 0. The minimum atomic E-state index is 0.838. The minimum absolute atomic E-state index is 0.838. The van der Waals surface area contributed by atoms with Crippen LogP contribution in [0.3, 0.4) is 0 Å². The third-order valence-electron chi connectivity index (χ3n) is 11.9. The molecule has 0 unspecified atom stereocenters. The van der Waals surface area contributed by atoms with Crippen molar-refractivity contribution in [3.05, 3.63) is 212 Å². The molecule has 12 aromatic rings. The number of nitrogens with zero attached hydrogens (tertiary/aromatic N) is 1. The van der Waals surface area contributed by atoms with Gasteiger partial charge in [0, 0.05) is 38.4 Å². The summed E-state index contributed by atoms with van der Waals surface area (Å²) in [5.41, 5.74) is 13.2. The fourth-order valence-corrected chi connectivity index (χ4v) is 9.12. The Morgan fingerprint density at radius 2 is 0.847 bits per heavy atom. The zero-order valence-corrected chi connectivity index (χ0v) is 32.0. The van der Waals surface area contributed by atoms with Gasteiger partial charge in [-0.15, -0.1) is 0 Å². The van der Waals surface area contributed by atoms with Gasteiger partial charge in [0.05, 0.1) is 11.4 Å². The second-order valence-electron chi connectivity index (χ2n) is 15.2. The first kappa shape index (κ1) is 33.3. The minimum Gasteiger partial charge on any atom is -0.455 e. The van der Waals surface area contributed by atoms with Crippen LogP contribution < -0.4 is 4.90 Å². The lowest BCUT2D eigenvalue weighted by Crippen LogP contribution is -2.12. The molecule has 0 aliphatic rings. The van der Waals surface area contributed by atoms with Gasteiger partial charge < -0.3 is 13.7 Å². The Balaban J connectivity index is 1.12. The molecule has 0 bridgehead atoms. The summed E-state index contributed by atoms with van der Waals surface area (Å²) in [6.45, 7) is 0. The molecule has 0 amide bonds. The highest BCUT2D eigenvalue weighted by Crippen LogP contribution is 2.48. The van der Waals surface area contributed by atoms with Gasteiger partial charge in [-0.2, -0.15) is 0 Å². The Labute approximate surface area is 340 Å². The Hall–Kier alpha value is -7.88. The number of anilines is 3. The first-order valence-electron chi connectivity index (χ1n) is 20.1. The van der Waals surface area contributed by atoms with Gasteiger partial charge in [0.15, 0.2) is 5.58 Å². The SMILES string of the molecule is c1ccc(-c2ccc(-c3cc4ccccc4c4ccccc34)cc2N(c2ccc(-c3cccc4c3oc3ccccc34)cc2)c2cccc3c2oc2ccccc23)cc1. The van der Waals surface area contributed by atoms with Gasteiger partial charge in [0.1, 0.15) is 16.7 Å². The predicted molar refractivity (Wildman–Crippen MR) is 247 cm³/mol. The molecular weight excluding hydrogens is 719 g/mol. The number of benzene rings is 10. The zero-order valence-electron chi connectivity index (χ0n) is 32.0. The predicted octanol–water partition coefficient (Wildman–Crippen LogP) is 16.3. The van der Waals surface area contributed by atoms with Crippen molar-refractivity contribution in [3.63, 3.8) is 0 Å². The number of hydrogen-bond donors (Lipinski definition) is 0. The van der Waals surface area contributed by atoms with Gasteiger partial charge in [0.2, 0.25) is 0 Å². The summed E-state index contributed by atoms with van der Waals surface area (Å²) in [6.07, 6.45) is 0. The molecule has 12 rings (SSSR count). The first-order chi connectivity index (χ1) is 29.3. The molecule has 0 spiro atoms. The number of rotatable bonds is 6. The number of furan rings is 2. The molecule has 0 radical (unpaired) electrons. The van der Waals surface area contributed by atoms with Gasteiger partial charge >= 0.3 is 0 Å². The number of hydrogen-bond acceptors (Lipinski definition) is 3. The summed E-state index contributed by atoms with van der Waals surface area (Å²) < 4.78 is 13.3. The maximum absolute atomic E-state index is 6.79. The molecule has 0 saturated carbocycles. The van der Waals surface area contributed by atoms with Crippen molar-refractivity contribution in [2.24, 2.45) is 0 Å². The van der Waals surface area contributed by atoms with Crippen LogP contribution in [0.25, 0.3) is 98.8 Å².